The smallest absolute Gasteiger partial charge is 0.215 e. The molecule has 0 N–H and O–H groups in total. The lowest BCUT2D eigenvalue weighted by molar-refractivity contribution is 0.347. The van der Waals surface area contributed by atoms with Crippen molar-refractivity contribution in [2.45, 2.75) is 32.9 Å². The van der Waals surface area contributed by atoms with E-state index in [1.54, 1.807) is 6.20 Å². The number of pyridine rings is 1. The van der Waals surface area contributed by atoms with E-state index in [2.05, 4.69) is 4.98 Å². The van der Waals surface area contributed by atoms with Crippen LogP contribution in [-0.4, -0.2) is 29.5 Å². The van der Waals surface area contributed by atoms with Gasteiger partial charge in [0.25, 0.3) is 0 Å². The van der Waals surface area contributed by atoms with Crippen molar-refractivity contribution in [1.82, 2.24) is 9.29 Å². The van der Waals surface area contributed by atoms with E-state index in [-0.39, 0.29) is 11.8 Å². The summed E-state index contributed by atoms with van der Waals surface area (Å²) in [6.07, 6.45) is 2.28. The van der Waals surface area contributed by atoms with E-state index in [0.29, 0.717) is 13.0 Å². The molecule has 16 heavy (non-hydrogen) atoms. The second-order valence-corrected chi connectivity index (χ2v) is 6.36. The minimum atomic E-state index is -3.13. The standard InChI is InChI=1S/C11H16N2O2S/c1-9(2)13-8-11-10(4-3-6-12-11)5-7-16(13,14)15/h3-4,6,9H,5,7-8H2,1-2H3. The summed E-state index contributed by atoms with van der Waals surface area (Å²) in [7, 11) is -3.13. The van der Waals surface area contributed by atoms with Gasteiger partial charge in [-0.3, -0.25) is 4.98 Å². The molecular formula is C11H16N2O2S. The Morgan fingerprint density at radius 1 is 1.44 bits per heavy atom. The van der Waals surface area contributed by atoms with Crippen molar-refractivity contribution in [3.63, 3.8) is 0 Å². The number of aromatic nitrogens is 1. The lowest BCUT2D eigenvalue weighted by Crippen LogP contribution is -2.37. The third-order valence-electron chi connectivity index (χ3n) is 2.85. The second-order valence-electron chi connectivity index (χ2n) is 4.31. The third kappa shape index (κ3) is 2.10. The number of sulfonamides is 1. The highest BCUT2D eigenvalue weighted by molar-refractivity contribution is 7.89. The van der Waals surface area contributed by atoms with Gasteiger partial charge in [0.05, 0.1) is 18.0 Å². The Hall–Kier alpha value is -0.940. The number of aryl methyl sites for hydroxylation is 1. The molecule has 1 aromatic rings. The largest absolute Gasteiger partial charge is 0.260 e. The minimum absolute atomic E-state index is 0.0158. The van der Waals surface area contributed by atoms with Crippen LogP contribution in [0, 0.1) is 0 Å². The molecule has 88 valence electrons. The van der Waals surface area contributed by atoms with Gasteiger partial charge in [0.2, 0.25) is 10.0 Å². The Balaban J connectivity index is 2.42. The summed E-state index contributed by atoms with van der Waals surface area (Å²) in [5, 5.41) is 0. The molecule has 0 unspecified atom stereocenters. The van der Waals surface area contributed by atoms with Crippen LogP contribution in [0.15, 0.2) is 18.3 Å². The molecule has 0 aromatic carbocycles. The van der Waals surface area contributed by atoms with Gasteiger partial charge in [-0.05, 0) is 31.9 Å². The molecule has 1 aliphatic rings. The zero-order valence-electron chi connectivity index (χ0n) is 9.55. The molecule has 0 radical (unpaired) electrons. The quantitative estimate of drug-likeness (QED) is 0.740. The molecule has 0 saturated heterocycles. The summed E-state index contributed by atoms with van der Waals surface area (Å²) in [5.41, 5.74) is 1.94. The van der Waals surface area contributed by atoms with E-state index in [4.69, 9.17) is 0 Å². The zero-order chi connectivity index (χ0) is 11.8. The number of nitrogens with zero attached hydrogens (tertiary/aromatic N) is 2. The Morgan fingerprint density at radius 3 is 2.88 bits per heavy atom. The van der Waals surface area contributed by atoms with Gasteiger partial charge in [-0.25, -0.2) is 8.42 Å². The van der Waals surface area contributed by atoms with Crippen LogP contribution < -0.4 is 0 Å². The predicted octanol–water partition coefficient (Wildman–Crippen LogP) is 1.18. The van der Waals surface area contributed by atoms with Crippen molar-refractivity contribution < 1.29 is 8.42 Å². The number of hydrogen-bond acceptors (Lipinski definition) is 3. The Bertz CT molecular complexity index is 483. The number of hydrogen-bond donors (Lipinski definition) is 0. The lowest BCUT2D eigenvalue weighted by Gasteiger charge is -2.23. The van der Waals surface area contributed by atoms with Crippen LogP contribution in [0.1, 0.15) is 25.1 Å². The SMILES string of the molecule is CC(C)N1Cc2ncccc2CCS1(=O)=O. The summed E-state index contributed by atoms with van der Waals surface area (Å²) in [5.74, 6) is 0.184. The Labute approximate surface area is 96.4 Å². The average Bonchev–Trinajstić information content (AvgIpc) is 2.36. The molecule has 5 heteroatoms. The lowest BCUT2D eigenvalue weighted by atomic mass is 10.1. The summed E-state index contributed by atoms with van der Waals surface area (Å²) in [4.78, 5) is 4.27. The third-order valence-corrected chi connectivity index (χ3v) is 4.84. The Morgan fingerprint density at radius 2 is 2.19 bits per heavy atom. The molecule has 2 rings (SSSR count). The fourth-order valence-electron chi connectivity index (χ4n) is 1.95. The maximum absolute atomic E-state index is 12.0. The van der Waals surface area contributed by atoms with E-state index in [0.717, 1.165) is 11.3 Å². The molecule has 1 aliphatic heterocycles. The van der Waals surface area contributed by atoms with Gasteiger partial charge in [0, 0.05) is 12.2 Å². The van der Waals surface area contributed by atoms with Crippen LogP contribution in [0.3, 0.4) is 0 Å². The molecule has 2 heterocycles. The molecule has 0 aliphatic carbocycles. The monoisotopic (exact) mass is 240 g/mol. The molecule has 0 saturated carbocycles. The van der Waals surface area contributed by atoms with Crippen LogP contribution >= 0.6 is 0 Å². The van der Waals surface area contributed by atoms with Crippen LogP contribution in [0.4, 0.5) is 0 Å². The van der Waals surface area contributed by atoms with E-state index >= 15 is 0 Å². The first kappa shape index (κ1) is 11.5. The average molecular weight is 240 g/mol. The second kappa shape index (κ2) is 4.14. The molecular weight excluding hydrogens is 224 g/mol. The van der Waals surface area contributed by atoms with E-state index < -0.39 is 10.0 Å². The summed E-state index contributed by atoms with van der Waals surface area (Å²) < 4.78 is 25.6. The summed E-state index contributed by atoms with van der Waals surface area (Å²) in [6.45, 7) is 4.19. The molecule has 1 aromatic heterocycles. The van der Waals surface area contributed by atoms with Gasteiger partial charge in [-0.2, -0.15) is 4.31 Å². The van der Waals surface area contributed by atoms with Crippen molar-refractivity contribution in [2.24, 2.45) is 0 Å². The van der Waals surface area contributed by atoms with Crippen LogP contribution in [0.2, 0.25) is 0 Å². The fourth-order valence-corrected chi connectivity index (χ4v) is 3.62. The van der Waals surface area contributed by atoms with Crippen molar-refractivity contribution in [3.8, 4) is 0 Å². The van der Waals surface area contributed by atoms with Crippen LogP contribution in [-0.2, 0) is 23.0 Å². The molecule has 0 bridgehead atoms. The van der Waals surface area contributed by atoms with E-state index in [9.17, 15) is 8.42 Å². The molecule has 0 fully saturated rings. The van der Waals surface area contributed by atoms with E-state index in [1.165, 1.54) is 4.31 Å². The molecule has 4 nitrogen and oxygen atoms in total. The van der Waals surface area contributed by atoms with Crippen molar-refractivity contribution in [2.75, 3.05) is 5.75 Å². The normalized spacial score (nSPS) is 20.4. The highest BCUT2D eigenvalue weighted by Gasteiger charge is 2.29. The van der Waals surface area contributed by atoms with Gasteiger partial charge in [-0.1, -0.05) is 6.07 Å². The minimum Gasteiger partial charge on any atom is -0.260 e. The molecule has 0 spiro atoms. The highest BCUT2D eigenvalue weighted by atomic mass is 32.2. The summed E-state index contributed by atoms with van der Waals surface area (Å²) in [6, 6.07) is 3.80. The van der Waals surface area contributed by atoms with E-state index in [1.807, 2.05) is 26.0 Å². The predicted molar refractivity (Wildman–Crippen MR) is 62.4 cm³/mol. The first-order valence-electron chi connectivity index (χ1n) is 5.43. The molecule has 0 atom stereocenters. The molecule has 0 amide bonds. The van der Waals surface area contributed by atoms with Gasteiger partial charge in [-0.15, -0.1) is 0 Å². The van der Waals surface area contributed by atoms with Crippen molar-refractivity contribution in [3.05, 3.63) is 29.6 Å². The summed E-state index contributed by atoms with van der Waals surface area (Å²) >= 11 is 0. The van der Waals surface area contributed by atoms with Crippen LogP contribution in [0.25, 0.3) is 0 Å². The first-order valence-corrected chi connectivity index (χ1v) is 7.04. The fraction of sp³-hybridized carbons (Fsp3) is 0.545. The highest BCUT2D eigenvalue weighted by Crippen LogP contribution is 2.20. The van der Waals surface area contributed by atoms with Crippen molar-refractivity contribution in [1.29, 1.82) is 0 Å². The topological polar surface area (TPSA) is 50.3 Å². The maximum atomic E-state index is 12.0. The first-order chi connectivity index (χ1) is 7.50. The maximum Gasteiger partial charge on any atom is 0.215 e. The number of rotatable bonds is 1. The van der Waals surface area contributed by atoms with Gasteiger partial charge in [0.15, 0.2) is 0 Å². The number of fused-ring (bicyclic) bond motifs is 1. The van der Waals surface area contributed by atoms with Crippen molar-refractivity contribution >= 4 is 10.0 Å². The zero-order valence-corrected chi connectivity index (χ0v) is 10.4. The Kier molecular flexibility index (Phi) is 2.99. The van der Waals surface area contributed by atoms with Crippen LogP contribution in [0.5, 0.6) is 0 Å². The van der Waals surface area contributed by atoms with Gasteiger partial charge < -0.3 is 0 Å². The van der Waals surface area contributed by atoms with Gasteiger partial charge in [0.1, 0.15) is 0 Å². The van der Waals surface area contributed by atoms with Gasteiger partial charge >= 0.3 is 0 Å².